The lowest BCUT2D eigenvalue weighted by atomic mass is 9.82. The molecule has 1 aliphatic carbocycles. The minimum Gasteiger partial charge on any atom is -0.456 e. The zero-order valence-corrected chi connectivity index (χ0v) is 25.2. The summed E-state index contributed by atoms with van der Waals surface area (Å²) in [5.41, 5.74) is 10.4. The molecule has 2 nitrogen and oxygen atoms in total. The zero-order chi connectivity index (χ0) is 29.6. The summed E-state index contributed by atoms with van der Waals surface area (Å²) in [7, 11) is 0. The van der Waals surface area contributed by atoms with Gasteiger partial charge in [0.1, 0.15) is 11.2 Å². The third kappa shape index (κ3) is 5.43. The summed E-state index contributed by atoms with van der Waals surface area (Å²) in [6, 6.07) is 30.2. The maximum Gasteiger partial charge on any atom is 0.135 e. The van der Waals surface area contributed by atoms with Crippen molar-refractivity contribution in [1.82, 2.24) is 0 Å². The molecule has 5 aromatic rings. The van der Waals surface area contributed by atoms with Gasteiger partial charge in [-0.3, -0.25) is 0 Å². The molecule has 0 amide bonds. The van der Waals surface area contributed by atoms with Crippen LogP contribution in [0.1, 0.15) is 52.7 Å². The van der Waals surface area contributed by atoms with Crippen LogP contribution in [0.4, 0.5) is 11.4 Å². The standard InChI is InChI=1S/C32H27NO.C5H8.C2H6/c1-5-21(6-2)33(22-16-18-31-27(19-22)26-12-8-10-14-30(26)34-31)23-15-17-25-24-11-7-9-13-28(24)32(3,4)29(25)20-23;1-3-5-4-2;1-2/h5-20H,1H2,2-4H3;3-5H,1H2,2H3;1-2H3/b21-6+;5-4-;. The molecule has 1 heterocycles. The van der Waals surface area contributed by atoms with E-state index in [0.717, 1.165) is 39.0 Å². The summed E-state index contributed by atoms with van der Waals surface area (Å²) >= 11 is 0. The van der Waals surface area contributed by atoms with Crippen LogP contribution < -0.4 is 4.90 Å². The van der Waals surface area contributed by atoms with Crippen molar-refractivity contribution in [1.29, 1.82) is 0 Å². The van der Waals surface area contributed by atoms with Crippen molar-refractivity contribution >= 4 is 33.3 Å². The van der Waals surface area contributed by atoms with Gasteiger partial charge >= 0.3 is 0 Å². The summed E-state index contributed by atoms with van der Waals surface area (Å²) in [5, 5.41) is 2.25. The number of allylic oxidation sites excluding steroid dienone is 5. The molecule has 2 heteroatoms. The molecule has 1 aromatic heterocycles. The second kappa shape index (κ2) is 12.7. The molecule has 4 aromatic carbocycles. The predicted octanol–water partition coefficient (Wildman–Crippen LogP) is 11.9. The first-order valence-corrected chi connectivity index (χ1v) is 14.4. The number of nitrogens with zero attached hydrogens (tertiary/aromatic N) is 1. The molecular formula is C39H41NO. The highest BCUT2D eigenvalue weighted by atomic mass is 16.3. The van der Waals surface area contributed by atoms with E-state index in [4.69, 9.17) is 4.42 Å². The van der Waals surface area contributed by atoms with E-state index in [1.54, 1.807) is 6.08 Å². The molecule has 0 N–H and O–H groups in total. The van der Waals surface area contributed by atoms with Gasteiger partial charge in [0.25, 0.3) is 0 Å². The van der Waals surface area contributed by atoms with Crippen LogP contribution in [0.3, 0.4) is 0 Å². The summed E-state index contributed by atoms with van der Waals surface area (Å²) in [6.45, 7) is 20.2. The molecule has 0 aliphatic heterocycles. The molecule has 0 radical (unpaired) electrons. The summed E-state index contributed by atoms with van der Waals surface area (Å²) in [5.74, 6) is 0. The second-order valence-corrected chi connectivity index (χ2v) is 10.2. The van der Waals surface area contributed by atoms with Gasteiger partial charge in [0.05, 0.1) is 0 Å². The van der Waals surface area contributed by atoms with Gasteiger partial charge in [-0.05, 0) is 78.6 Å². The van der Waals surface area contributed by atoms with Crippen molar-refractivity contribution in [3.05, 3.63) is 145 Å². The van der Waals surface area contributed by atoms with E-state index in [9.17, 15) is 0 Å². The lowest BCUT2D eigenvalue weighted by Gasteiger charge is -2.28. The average Bonchev–Trinajstić information content (AvgIpc) is 3.49. The Bertz CT molecular complexity index is 1740. The van der Waals surface area contributed by atoms with E-state index in [-0.39, 0.29) is 5.41 Å². The number of hydrogen-bond donors (Lipinski definition) is 0. The first-order valence-electron chi connectivity index (χ1n) is 14.4. The molecular weight excluding hydrogens is 498 g/mol. The Balaban J connectivity index is 0.000000502. The van der Waals surface area contributed by atoms with Crippen molar-refractivity contribution in [2.45, 2.75) is 47.0 Å². The Morgan fingerprint density at radius 1 is 0.732 bits per heavy atom. The van der Waals surface area contributed by atoms with Crippen LogP contribution in [0, 0.1) is 0 Å². The molecule has 0 spiro atoms. The molecule has 0 saturated heterocycles. The fourth-order valence-electron chi connectivity index (χ4n) is 5.61. The normalized spacial score (nSPS) is 13.1. The van der Waals surface area contributed by atoms with Gasteiger partial charge in [-0.25, -0.2) is 0 Å². The van der Waals surface area contributed by atoms with E-state index in [1.807, 2.05) is 51.1 Å². The van der Waals surface area contributed by atoms with Crippen LogP contribution in [0.5, 0.6) is 0 Å². The Morgan fingerprint density at radius 2 is 1.37 bits per heavy atom. The van der Waals surface area contributed by atoms with Gasteiger partial charge in [-0.1, -0.05) is 114 Å². The minimum atomic E-state index is -0.0530. The van der Waals surface area contributed by atoms with Gasteiger partial charge in [0, 0.05) is 33.3 Å². The fraction of sp³-hybridized carbons (Fsp3) is 0.179. The van der Waals surface area contributed by atoms with Crippen molar-refractivity contribution < 1.29 is 4.42 Å². The number of furan rings is 1. The number of rotatable bonds is 5. The fourth-order valence-corrected chi connectivity index (χ4v) is 5.61. The predicted molar refractivity (Wildman–Crippen MR) is 180 cm³/mol. The zero-order valence-electron chi connectivity index (χ0n) is 25.2. The number of para-hydroxylation sites is 1. The molecule has 0 bridgehead atoms. The Morgan fingerprint density at radius 3 is 2.05 bits per heavy atom. The van der Waals surface area contributed by atoms with Crippen molar-refractivity contribution in [2.24, 2.45) is 0 Å². The highest BCUT2D eigenvalue weighted by Crippen LogP contribution is 2.50. The van der Waals surface area contributed by atoms with Crippen LogP contribution in [0.2, 0.25) is 0 Å². The summed E-state index contributed by atoms with van der Waals surface area (Å²) in [4.78, 5) is 2.29. The largest absolute Gasteiger partial charge is 0.456 e. The lowest BCUT2D eigenvalue weighted by Crippen LogP contribution is -2.18. The van der Waals surface area contributed by atoms with Crippen LogP contribution in [0.25, 0.3) is 33.1 Å². The molecule has 1 aliphatic rings. The smallest absolute Gasteiger partial charge is 0.135 e. The highest BCUT2D eigenvalue weighted by molar-refractivity contribution is 6.06. The van der Waals surface area contributed by atoms with Gasteiger partial charge < -0.3 is 9.32 Å². The van der Waals surface area contributed by atoms with Gasteiger partial charge in [0.15, 0.2) is 0 Å². The van der Waals surface area contributed by atoms with Crippen molar-refractivity contribution in [3.8, 4) is 11.1 Å². The van der Waals surface area contributed by atoms with Crippen molar-refractivity contribution in [3.63, 3.8) is 0 Å². The molecule has 0 saturated carbocycles. The second-order valence-electron chi connectivity index (χ2n) is 10.2. The maximum atomic E-state index is 6.08. The maximum absolute atomic E-state index is 6.08. The van der Waals surface area contributed by atoms with Gasteiger partial charge in [0.2, 0.25) is 0 Å². The quantitative estimate of drug-likeness (QED) is 0.207. The van der Waals surface area contributed by atoms with Crippen LogP contribution in [0.15, 0.2) is 139 Å². The number of fused-ring (bicyclic) bond motifs is 6. The van der Waals surface area contributed by atoms with E-state index < -0.39 is 0 Å². The monoisotopic (exact) mass is 539 g/mol. The molecule has 208 valence electrons. The summed E-state index contributed by atoms with van der Waals surface area (Å²) < 4.78 is 6.08. The van der Waals surface area contributed by atoms with Gasteiger partial charge in [-0.15, -0.1) is 0 Å². The van der Waals surface area contributed by atoms with E-state index >= 15 is 0 Å². The van der Waals surface area contributed by atoms with Crippen LogP contribution >= 0.6 is 0 Å². The van der Waals surface area contributed by atoms with Gasteiger partial charge in [-0.2, -0.15) is 0 Å². The molecule has 0 atom stereocenters. The number of anilines is 2. The van der Waals surface area contributed by atoms with E-state index in [0.29, 0.717) is 0 Å². The van der Waals surface area contributed by atoms with E-state index in [2.05, 4.69) is 118 Å². The molecule has 0 fully saturated rings. The SMILES string of the molecule is C=C/C(=C\C)N(c1ccc2c(c1)C(C)(C)c1ccccc1-2)c1ccc2oc3ccccc3c2c1.C=C/C=C\C.CC. The van der Waals surface area contributed by atoms with Crippen LogP contribution in [-0.2, 0) is 5.41 Å². The van der Waals surface area contributed by atoms with Crippen LogP contribution in [-0.4, -0.2) is 0 Å². The third-order valence-corrected chi connectivity index (χ3v) is 7.54. The highest BCUT2D eigenvalue weighted by Gasteiger charge is 2.35. The Labute approximate surface area is 245 Å². The minimum absolute atomic E-state index is 0.0530. The topological polar surface area (TPSA) is 16.4 Å². The molecule has 41 heavy (non-hydrogen) atoms. The Kier molecular flexibility index (Phi) is 9.14. The summed E-state index contributed by atoms with van der Waals surface area (Å²) in [6.07, 6.45) is 9.61. The molecule has 6 rings (SSSR count). The first-order chi connectivity index (χ1) is 19.9. The molecule has 0 unspecified atom stereocenters. The average molecular weight is 540 g/mol. The third-order valence-electron chi connectivity index (χ3n) is 7.54. The number of hydrogen-bond acceptors (Lipinski definition) is 2. The lowest BCUT2D eigenvalue weighted by molar-refractivity contribution is 0.660. The first kappa shape index (κ1) is 29.4. The number of benzene rings is 4. The van der Waals surface area contributed by atoms with Crippen molar-refractivity contribution in [2.75, 3.05) is 4.90 Å². The van der Waals surface area contributed by atoms with E-state index in [1.165, 1.54) is 22.3 Å². The Hall–Kier alpha value is -4.56.